The second-order valence-electron chi connectivity index (χ2n) is 8.75. The van der Waals surface area contributed by atoms with Gasteiger partial charge in [0.1, 0.15) is 5.75 Å². The lowest BCUT2D eigenvalue weighted by Crippen LogP contribution is -2.35. The molecule has 186 valence electrons. The lowest BCUT2D eigenvalue weighted by Gasteiger charge is -2.26. The van der Waals surface area contributed by atoms with Crippen molar-refractivity contribution in [2.45, 2.75) is 50.0 Å². The molecule has 0 radical (unpaired) electrons. The first-order valence-corrected chi connectivity index (χ1v) is 13.5. The zero-order valence-corrected chi connectivity index (χ0v) is 20.6. The molecule has 2 fully saturated rings. The maximum Gasteiger partial charge on any atom is 0.251 e. The Morgan fingerprint density at radius 3 is 2.43 bits per heavy atom. The predicted molar refractivity (Wildman–Crippen MR) is 135 cm³/mol. The van der Waals surface area contributed by atoms with E-state index in [1.54, 1.807) is 36.4 Å². The van der Waals surface area contributed by atoms with Gasteiger partial charge in [0, 0.05) is 30.8 Å². The molecule has 2 aromatic carbocycles. The van der Waals surface area contributed by atoms with Crippen LogP contribution in [0.5, 0.6) is 5.75 Å². The van der Waals surface area contributed by atoms with E-state index in [0.29, 0.717) is 42.7 Å². The molecule has 1 aliphatic heterocycles. The average molecular weight is 498 g/mol. The molecule has 9 heteroatoms. The second kappa shape index (κ2) is 11.0. The maximum absolute atomic E-state index is 13.1. The van der Waals surface area contributed by atoms with Crippen LogP contribution in [0.1, 0.15) is 54.9 Å². The summed E-state index contributed by atoms with van der Waals surface area (Å²) < 4.78 is 33.2. The molecule has 0 aromatic heterocycles. The van der Waals surface area contributed by atoms with Gasteiger partial charge >= 0.3 is 0 Å². The third-order valence-electron chi connectivity index (χ3n) is 5.97. The zero-order chi connectivity index (χ0) is 24.8. The highest BCUT2D eigenvalue weighted by Crippen LogP contribution is 2.30. The van der Waals surface area contributed by atoms with Crippen molar-refractivity contribution < 1.29 is 22.7 Å². The minimum absolute atomic E-state index is 0.0939. The number of hydrogen-bond donors (Lipinski definition) is 2. The molecule has 1 heterocycles. The van der Waals surface area contributed by atoms with Crippen LogP contribution in [0, 0.1) is 0 Å². The Morgan fingerprint density at radius 1 is 1.06 bits per heavy atom. The first kappa shape index (κ1) is 24.9. The Balaban J connectivity index is 1.45. The molecule has 0 bridgehead atoms. The molecule has 2 amide bonds. The molecule has 2 aromatic rings. The highest BCUT2D eigenvalue weighted by Gasteiger charge is 2.27. The van der Waals surface area contributed by atoms with Crippen molar-refractivity contribution in [3.8, 4) is 5.75 Å². The van der Waals surface area contributed by atoms with Crippen molar-refractivity contribution in [1.29, 1.82) is 0 Å². The number of amides is 2. The molecule has 4 rings (SSSR count). The first-order valence-electron chi connectivity index (χ1n) is 12.0. The Bertz CT molecular complexity index is 1200. The summed E-state index contributed by atoms with van der Waals surface area (Å²) in [5.74, 6) is -0.115. The van der Waals surface area contributed by atoms with Crippen LogP contribution in [-0.4, -0.2) is 50.3 Å². The van der Waals surface area contributed by atoms with Crippen molar-refractivity contribution >= 4 is 33.6 Å². The fourth-order valence-electron chi connectivity index (χ4n) is 3.89. The molecular formula is C26H31N3O5S. The number of carbonyl (C=O) groups is 2. The van der Waals surface area contributed by atoms with Crippen LogP contribution in [0.2, 0.25) is 0 Å². The largest absolute Gasteiger partial charge is 0.492 e. The van der Waals surface area contributed by atoms with Gasteiger partial charge in [-0.25, -0.2) is 8.42 Å². The van der Waals surface area contributed by atoms with Crippen molar-refractivity contribution in [3.05, 3.63) is 59.7 Å². The molecule has 0 spiro atoms. The van der Waals surface area contributed by atoms with Crippen molar-refractivity contribution in [3.63, 3.8) is 0 Å². The topological polar surface area (TPSA) is 105 Å². The summed E-state index contributed by atoms with van der Waals surface area (Å²) in [6, 6.07) is 11.8. The molecule has 1 aliphatic carbocycles. The van der Waals surface area contributed by atoms with E-state index in [9.17, 15) is 18.0 Å². The third-order valence-corrected chi connectivity index (χ3v) is 7.87. The van der Waals surface area contributed by atoms with Gasteiger partial charge in [-0.05, 0) is 74.6 Å². The SMILES string of the molecule is CCOc1ccc(S(=O)(=O)N2CCCCC2)cc1NC(=O)/C=C/c1ccc(C(=O)NC2CC2)cc1. The molecular weight excluding hydrogens is 466 g/mol. The molecule has 1 saturated carbocycles. The Labute approximate surface area is 206 Å². The minimum Gasteiger partial charge on any atom is -0.492 e. The number of rotatable bonds is 9. The first-order chi connectivity index (χ1) is 16.9. The molecule has 0 unspecified atom stereocenters. The summed E-state index contributed by atoms with van der Waals surface area (Å²) in [6.45, 7) is 3.19. The fourth-order valence-corrected chi connectivity index (χ4v) is 5.44. The zero-order valence-electron chi connectivity index (χ0n) is 19.8. The van der Waals surface area contributed by atoms with Gasteiger partial charge in [-0.1, -0.05) is 18.6 Å². The van der Waals surface area contributed by atoms with Crippen LogP contribution in [0.15, 0.2) is 53.4 Å². The van der Waals surface area contributed by atoms with Gasteiger partial charge in [0.25, 0.3) is 5.91 Å². The second-order valence-corrected chi connectivity index (χ2v) is 10.7. The van der Waals surface area contributed by atoms with Crippen LogP contribution in [0.3, 0.4) is 0 Å². The summed E-state index contributed by atoms with van der Waals surface area (Å²) in [6.07, 6.45) is 7.76. The number of ether oxygens (including phenoxy) is 1. The highest BCUT2D eigenvalue weighted by molar-refractivity contribution is 7.89. The third kappa shape index (κ3) is 6.49. The van der Waals surface area contributed by atoms with E-state index in [1.807, 2.05) is 6.92 Å². The molecule has 35 heavy (non-hydrogen) atoms. The molecule has 1 saturated heterocycles. The van der Waals surface area contributed by atoms with Crippen LogP contribution in [0.25, 0.3) is 6.08 Å². The summed E-state index contributed by atoms with van der Waals surface area (Å²) in [7, 11) is -3.65. The lowest BCUT2D eigenvalue weighted by atomic mass is 10.1. The van der Waals surface area contributed by atoms with E-state index >= 15 is 0 Å². The van der Waals surface area contributed by atoms with Gasteiger partial charge in [0.05, 0.1) is 17.2 Å². The van der Waals surface area contributed by atoms with Crippen molar-refractivity contribution in [1.82, 2.24) is 9.62 Å². The Morgan fingerprint density at radius 2 is 1.77 bits per heavy atom. The molecule has 2 N–H and O–H groups in total. The van der Waals surface area contributed by atoms with Gasteiger partial charge in [0.2, 0.25) is 15.9 Å². The normalized spacial score (nSPS) is 16.7. The highest BCUT2D eigenvalue weighted by atomic mass is 32.2. The Hall–Kier alpha value is -3.17. The number of carbonyl (C=O) groups excluding carboxylic acids is 2. The number of hydrogen-bond acceptors (Lipinski definition) is 5. The van der Waals surface area contributed by atoms with Crippen LogP contribution in [0.4, 0.5) is 5.69 Å². The summed E-state index contributed by atoms with van der Waals surface area (Å²) in [5, 5.41) is 5.68. The summed E-state index contributed by atoms with van der Waals surface area (Å²) in [4.78, 5) is 24.9. The summed E-state index contributed by atoms with van der Waals surface area (Å²) in [5.41, 5.74) is 1.63. The smallest absolute Gasteiger partial charge is 0.251 e. The van der Waals surface area contributed by atoms with E-state index in [2.05, 4.69) is 10.6 Å². The average Bonchev–Trinajstić information content (AvgIpc) is 3.68. The van der Waals surface area contributed by atoms with Crippen LogP contribution in [-0.2, 0) is 14.8 Å². The monoisotopic (exact) mass is 497 g/mol. The Kier molecular flexibility index (Phi) is 7.87. The van der Waals surface area contributed by atoms with Gasteiger partial charge in [-0.2, -0.15) is 4.31 Å². The number of anilines is 1. The van der Waals surface area contributed by atoms with Gasteiger partial charge in [-0.3, -0.25) is 9.59 Å². The van der Waals surface area contributed by atoms with Gasteiger partial charge in [0.15, 0.2) is 0 Å². The van der Waals surface area contributed by atoms with Gasteiger partial charge < -0.3 is 15.4 Å². The standard InChI is InChI=1S/C26H31N3O5S/c1-2-34-24-14-13-22(35(32,33)29-16-4-3-5-17-29)18-23(24)28-25(30)15-8-19-6-9-20(10-7-19)26(31)27-21-11-12-21/h6-10,13-15,18,21H,2-5,11-12,16-17H2,1H3,(H,27,31)(H,28,30)/b15-8+. The van der Waals surface area contributed by atoms with E-state index in [0.717, 1.165) is 37.7 Å². The fraction of sp³-hybridized carbons (Fsp3) is 0.385. The quantitative estimate of drug-likeness (QED) is 0.513. The predicted octanol–water partition coefficient (Wildman–Crippen LogP) is 3.80. The molecule has 2 aliphatic rings. The molecule has 0 atom stereocenters. The minimum atomic E-state index is -3.65. The number of benzene rings is 2. The number of nitrogens with one attached hydrogen (secondary N) is 2. The van der Waals surface area contributed by atoms with E-state index in [4.69, 9.17) is 4.74 Å². The maximum atomic E-state index is 13.1. The molecule has 8 nitrogen and oxygen atoms in total. The van der Waals surface area contributed by atoms with E-state index in [1.165, 1.54) is 22.5 Å². The van der Waals surface area contributed by atoms with Crippen molar-refractivity contribution in [2.24, 2.45) is 0 Å². The van der Waals surface area contributed by atoms with Crippen molar-refractivity contribution in [2.75, 3.05) is 25.0 Å². The van der Waals surface area contributed by atoms with E-state index in [-0.39, 0.29) is 10.8 Å². The van der Waals surface area contributed by atoms with Gasteiger partial charge in [-0.15, -0.1) is 0 Å². The summed E-state index contributed by atoms with van der Waals surface area (Å²) >= 11 is 0. The van der Waals surface area contributed by atoms with Crippen LogP contribution < -0.4 is 15.4 Å². The van der Waals surface area contributed by atoms with E-state index < -0.39 is 15.9 Å². The number of piperidine rings is 1. The number of sulfonamides is 1. The number of nitrogens with zero attached hydrogens (tertiary/aromatic N) is 1. The van der Waals surface area contributed by atoms with Crippen LogP contribution >= 0.6 is 0 Å². The lowest BCUT2D eigenvalue weighted by molar-refractivity contribution is -0.111.